The van der Waals surface area contributed by atoms with Gasteiger partial charge in [0.15, 0.2) is 11.6 Å². The summed E-state index contributed by atoms with van der Waals surface area (Å²) in [4.78, 5) is 13.7. The lowest BCUT2D eigenvalue weighted by molar-refractivity contribution is -0.133. The molecule has 1 amide bonds. The van der Waals surface area contributed by atoms with E-state index in [-0.39, 0.29) is 11.5 Å². The quantitative estimate of drug-likeness (QED) is 0.873. The summed E-state index contributed by atoms with van der Waals surface area (Å²) in [6.45, 7) is 2.30. The van der Waals surface area contributed by atoms with Crippen LogP contribution in [0.4, 0.5) is 13.2 Å². The van der Waals surface area contributed by atoms with Gasteiger partial charge in [-0.05, 0) is 25.3 Å². The highest BCUT2D eigenvalue weighted by atomic mass is 19.2. The molecule has 0 aromatic heterocycles. The molecule has 0 aliphatic carbocycles. The fraction of sp³-hybridized carbons (Fsp3) is 0.533. The third-order valence-corrected chi connectivity index (χ3v) is 3.81. The van der Waals surface area contributed by atoms with Crippen molar-refractivity contribution in [3.05, 3.63) is 35.1 Å². The molecule has 0 radical (unpaired) electrons. The van der Waals surface area contributed by atoms with Gasteiger partial charge in [0.05, 0.1) is 6.04 Å². The number of hydrogen-bond acceptors (Lipinski definition) is 2. The summed E-state index contributed by atoms with van der Waals surface area (Å²) >= 11 is 0. The molecule has 1 aromatic rings. The number of nitrogens with zero attached hydrogens (tertiary/aromatic N) is 1. The Labute approximate surface area is 121 Å². The van der Waals surface area contributed by atoms with E-state index in [2.05, 4.69) is 0 Å². The van der Waals surface area contributed by atoms with Crippen molar-refractivity contribution in [3.8, 4) is 0 Å². The fourth-order valence-electron chi connectivity index (χ4n) is 2.84. The molecule has 2 unspecified atom stereocenters. The lowest BCUT2D eigenvalue weighted by Gasteiger charge is -2.34. The predicted octanol–water partition coefficient (Wildman–Crippen LogP) is 2.89. The Bertz CT molecular complexity index is 536. The first-order chi connectivity index (χ1) is 9.95. The van der Waals surface area contributed by atoms with Crippen LogP contribution in [-0.4, -0.2) is 23.4 Å². The van der Waals surface area contributed by atoms with E-state index in [1.54, 1.807) is 0 Å². The van der Waals surface area contributed by atoms with Crippen molar-refractivity contribution in [1.82, 2.24) is 4.90 Å². The SMILES string of the molecule is CCCN1C(=O)CCCC(N)C1c1cc(F)c(F)cc1F. The van der Waals surface area contributed by atoms with Crippen LogP contribution in [0.2, 0.25) is 0 Å². The topological polar surface area (TPSA) is 46.3 Å². The van der Waals surface area contributed by atoms with Crippen LogP contribution in [0.5, 0.6) is 0 Å². The monoisotopic (exact) mass is 300 g/mol. The zero-order valence-electron chi connectivity index (χ0n) is 11.9. The Hall–Kier alpha value is -1.56. The molecule has 2 N–H and O–H groups in total. The number of amides is 1. The fourth-order valence-corrected chi connectivity index (χ4v) is 2.84. The van der Waals surface area contributed by atoms with Crippen molar-refractivity contribution in [3.63, 3.8) is 0 Å². The number of carbonyl (C=O) groups is 1. The lowest BCUT2D eigenvalue weighted by Crippen LogP contribution is -2.43. The largest absolute Gasteiger partial charge is 0.334 e. The highest BCUT2D eigenvalue weighted by molar-refractivity contribution is 5.77. The van der Waals surface area contributed by atoms with Gasteiger partial charge in [0.25, 0.3) is 0 Å². The normalized spacial score (nSPS) is 23.3. The summed E-state index contributed by atoms with van der Waals surface area (Å²) in [5, 5.41) is 0. The van der Waals surface area contributed by atoms with E-state index in [0.717, 1.165) is 6.07 Å². The zero-order chi connectivity index (χ0) is 15.6. The Morgan fingerprint density at radius 3 is 2.57 bits per heavy atom. The number of likely N-dealkylation sites (tertiary alicyclic amines) is 1. The van der Waals surface area contributed by atoms with Gasteiger partial charge in [-0.15, -0.1) is 0 Å². The molecule has 0 spiro atoms. The second-order valence-corrected chi connectivity index (χ2v) is 5.38. The molecule has 1 saturated heterocycles. The lowest BCUT2D eigenvalue weighted by atomic mass is 9.95. The standard InChI is InChI=1S/C15H19F3N2O/c1-2-6-20-14(21)5-3-4-13(19)15(20)9-7-11(17)12(18)8-10(9)16/h7-8,13,15H,2-6,19H2,1H3. The molecule has 0 saturated carbocycles. The molecule has 1 aliphatic rings. The van der Waals surface area contributed by atoms with E-state index in [1.807, 2.05) is 6.92 Å². The van der Waals surface area contributed by atoms with E-state index >= 15 is 0 Å². The van der Waals surface area contributed by atoms with Crippen molar-refractivity contribution in [2.45, 2.75) is 44.7 Å². The zero-order valence-corrected chi connectivity index (χ0v) is 11.9. The summed E-state index contributed by atoms with van der Waals surface area (Å²) in [6.07, 6.45) is 2.17. The Morgan fingerprint density at radius 1 is 1.24 bits per heavy atom. The minimum atomic E-state index is -1.24. The van der Waals surface area contributed by atoms with Crippen molar-refractivity contribution in [1.29, 1.82) is 0 Å². The van der Waals surface area contributed by atoms with Gasteiger partial charge in [-0.25, -0.2) is 13.2 Å². The molecular weight excluding hydrogens is 281 g/mol. The summed E-state index contributed by atoms with van der Waals surface area (Å²) in [7, 11) is 0. The molecule has 2 atom stereocenters. The molecule has 116 valence electrons. The van der Waals surface area contributed by atoms with Gasteiger partial charge >= 0.3 is 0 Å². The molecule has 2 rings (SSSR count). The first kappa shape index (κ1) is 15.8. The van der Waals surface area contributed by atoms with E-state index in [4.69, 9.17) is 5.73 Å². The van der Waals surface area contributed by atoms with Gasteiger partial charge in [0.1, 0.15) is 5.82 Å². The molecular formula is C15H19F3N2O. The number of halogens is 3. The van der Waals surface area contributed by atoms with Crippen LogP contribution in [0.15, 0.2) is 12.1 Å². The second-order valence-electron chi connectivity index (χ2n) is 5.38. The van der Waals surface area contributed by atoms with Crippen LogP contribution in [0.25, 0.3) is 0 Å². The number of rotatable bonds is 3. The third-order valence-electron chi connectivity index (χ3n) is 3.81. The molecule has 21 heavy (non-hydrogen) atoms. The first-order valence-corrected chi connectivity index (χ1v) is 7.15. The molecule has 1 aliphatic heterocycles. The van der Waals surface area contributed by atoms with Gasteiger partial charge in [-0.1, -0.05) is 6.92 Å². The van der Waals surface area contributed by atoms with E-state index < -0.39 is 29.5 Å². The van der Waals surface area contributed by atoms with Crippen molar-refractivity contribution >= 4 is 5.91 Å². The van der Waals surface area contributed by atoms with E-state index in [9.17, 15) is 18.0 Å². The number of benzene rings is 1. The van der Waals surface area contributed by atoms with Crippen molar-refractivity contribution < 1.29 is 18.0 Å². The average molecular weight is 300 g/mol. The number of nitrogens with two attached hydrogens (primary N) is 1. The van der Waals surface area contributed by atoms with Crippen molar-refractivity contribution in [2.75, 3.05) is 6.54 Å². The van der Waals surface area contributed by atoms with Crippen LogP contribution >= 0.6 is 0 Å². The van der Waals surface area contributed by atoms with Crippen molar-refractivity contribution in [2.24, 2.45) is 5.73 Å². The Balaban J connectivity index is 2.49. The highest BCUT2D eigenvalue weighted by Crippen LogP contribution is 2.32. The summed E-state index contributed by atoms with van der Waals surface area (Å²) < 4.78 is 40.6. The smallest absolute Gasteiger partial charge is 0.223 e. The average Bonchev–Trinajstić information content (AvgIpc) is 2.55. The first-order valence-electron chi connectivity index (χ1n) is 7.15. The minimum absolute atomic E-state index is 0.0508. The molecule has 1 aromatic carbocycles. The van der Waals surface area contributed by atoms with Gasteiger partial charge in [0.2, 0.25) is 5.91 Å². The molecule has 1 heterocycles. The van der Waals surface area contributed by atoms with Gasteiger partial charge in [0, 0.05) is 30.6 Å². The van der Waals surface area contributed by atoms with Crippen LogP contribution in [0.3, 0.4) is 0 Å². The summed E-state index contributed by atoms with van der Waals surface area (Å²) in [5.41, 5.74) is 6.02. The maximum atomic E-state index is 14.1. The predicted molar refractivity (Wildman–Crippen MR) is 72.9 cm³/mol. The summed E-state index contributed by atoms with van der Waals surface area (Å²) in [6, 6.07) is 0.0743. The van der Waals surface area contributed by atoms with Gasteiger partial charge in [-0.3, -0.25) is 4.79 Å². The maximum absolute atomic E-state index is 14.1. The number of carbonyl (C=O) groups excluding carboxylic acids is 1. The second kappa shape index (κ2) is 6.47. The van der Waals surface area contributed by atoms with E-state index in [1.165, 1.54) is 4.90 Å². The van der Waals surface area contributed by atoms with Crippen LogP contribution in [-0.2, 0) is 4.79 Å². The maximum Gasteiger partial charge on any atom is 0.223 e. The Morgan fingerprint density at radius 2 is 1.90 bits per heavy atom. The van der Waals surface area contributed by atoms with Crippen LogP contribution < -0.4 is 5.73 Å². The molecule has 0 bridgehead atoms. The third kappa shape index (κ3) is 3.20. The molecule has 3 nitrogen and oxygen atoms in total. The molecule has 1 fully saturated rings. The Kier molecular flexibility index (Phi) is 4.88. The van der Waals surface area contributed by atoms with E-state index in [0.29, 0.717) is 38.3 Å². The van der Waals surface area contributed by atoms with Crippen LogP contribution in [0, 0.1) is 17.5 Å². The summed E-state index contributed by atoms with van der Waals surface area (Å²) in [5.74, 6) is -3.37. The molecule has 6 heteroatoms. The van der Waals surface area contributed by atoms with Gasteiger partial charge in [-0.2, -0.15) is 0 Å². The highest BCUT2D eigenvalue weighted by Gasteiger charge is 2.34. The van der Waals surface area contributed by atoms with Crippen LogP contribution in [0.1, 0.15) is 44.2 Å². The van der Waals surface area contributed by atoms with Gasteiger partial charge < -0.3 is 10.6 Å². The minimum Gasteiger partial charge on any atom is -0.334 e. The number of hydrogen-bond donors (Lipinski definition) is 1.